The molecule has 0 spiro atoms. The quantitative estimate of drug-likeness (QED) is 0.854. The summed E-state index contributed by atoms with van der Waals surface area (Å²) in [7, 11) is 0. The van der Waals surface area contributed by atoms with Crippen molar-refractivity contribution in [2.45, 2.75) is 39.0 Å². The maximum Gasteiger partial charge on any atom is 0.225 e. The fraction of sp³-hybridized carbons (Fsp3) is 0.409. The highest BCUT2D eigenvalue weighted by atomic mass is 16.2. The van der Waals surface area contributed by atoms with Crippen molar-refractivity contribution >= 4 is 11.8 Å². The van der Waals surface area contributed by atoms with E-state index in [1.807, 2.05) is 42.2 Å². The summed E-state index contributed by atoms with van der Waals surface area (Å²) in [4.78, 5) is 30.9. The van der Waals surface area contributed by atoms with Crippen LogP contribution in [0.2, 0.25) is 0 Å². The van der Waals surface area contributed by atoms with Crippen molar-refractivity contribution in [2.75, 3.05) is 13.1 Å². The van der Waals surface area contributed by atoms with Gasteiger partial charge in [-0.3, -0.25) is 14.6 Å². The van der Waals surface area contributed by atoms with Crippen molar-refractivity contribution in [1.29, 1.82) is 0 Å². The van der Waals surface area contributed by atoms with E-state index in [9.17, 15) is 9.59 Å². The fourth-order valence-corrected chi connectivity index (χ4v) is 4.00. The summed E-state index contributed by atoms with van der Waals surface area (Å²) in [6.45, 7) is 3.11. The second kappa shape index (κ2) is 8.33. The Kier molecular flexibility index (Phi) is 5.89. The van der Waals surface area contributed by atoms with Crippen LogP contribution in [-0.2, 0) is 16.0 Å². The summed E-state index contributed by atoms with van der Waals surface area (Å²) in [6, 6.07) is 12.0. The van der Waals surface area contributed by atoms with Crippen molar-refractivity contribution in [3.8, 4) is 11.1 Å². The maximum absolute atomic E-state index is 12.5. The monoisotopic (exact) mass is 365 g/mol. The van der Waals surface area contributed by atoms with Crippen LogP contribution in [0.5, 0.6) is 0 Å². The Balaban J connectivity index is 1.92. The van der Waals surface area contributed by atoms with E-state index in [-0.39, 0.29) is 11.8 Å². The lowest BCUT2D eigenvalue weighted by atomic mass is 9.73. The van der Waals surface area contributed by atoms with E-state index >= 15 is 0 Å². The second-order valence-corrected chi connectivity index (χ2v) is 7.38. The number of rotatable bonds is 6. The topological polar surface area (TPSA) is 76.3 Å². The van der Waals surface area contributed by atoms with Gasteiger partial charge in [-0.25, -0.2) is 0 Å². The highest BCUT2D eigenvalue weighted by Crippen LogP contribution is 2.36. The SMILES string of the molecule is CCCC(=O)N1CCCC(Cc2ccccc2-c2ccncc2)(C(N)=O)C1. The van der Waals surface area contributed by atoms with Crippen LogP contribution in [0, 0.1) is 5.41 Å². The summed E-state index contributed by atoms with van der Waals surface area (Å²) >= 11 is 0. The van der Waals surface area contributed by atoms with Crippen LogP contribution in [0.1, 0.15) is 38.2 Å². The molecule has 2 aromatic rings. The molecule has 2 amide bonds. The molecule has 5 heteroatoms. The number of hydrogen-bond donors (Lipinski definition) is 1. The van der Waals surface area contributed by atoms with E-state index in [0.717, 1.165) is 29.5 Å². The van der Waals surface area contributed by atoms with Crippen LogP contribution in [0.25, 0.3) is 11.1 Å². The first kappa shape index (κ1) is 19.1. The van der Waals surface area contributed by atoms with Gasteiger partial charge >= 0.3 is 0 Å². The summed E-state index contributed by atoms with van der Waals surface area (Å²) < 4.78 is 0. The summed E-state index contributed by atoms with van der Waals surface area (Å²) in [5, 5.41) is 0. The Labute approximate surface area is 160 Å². The second-order valence-electron chi connectivity index (χ2n) is 7.38. The minimum atomic E-state index is -0.717. The third-order valence-electron chi connectivity index (χ3n) is 5.45. The largest absolute Gasteiger partial charge is 0.369 e. The van der Waals surface area contributed by atoms with Crippen molar-refractivity contribution in [1.82, 2.24) is 9.88 Å². The Morgan fingerprint density at radius 3 is 2.63 bits per heavy atom. The molecule has 1 aromatic carbocycles. The number of amides is 2. The molecule has 2 N–H and O–H groups in total. The number of likely N-dealkylation sites (tertiary alicyclic amines) is 1. The molecule has 1 fully saturated rings. The van der Waals surface area contributed by atoms with E-state index in [1.54, 1.807) is 12.4 Å². The molecular weight excluding hydrogens is 338 g/mol. The Hall–Kier alpha value is -2.69. The molecule has 0 aliphatic carbocycles. The highest BCUT2D eigenvalue weighted by Gasteiger charge is 2.42. The number of carbonyl (C=O) groups excluding carboxylic acids is 2. The Morgan fingerprint density at radius 2 is 1.93 bits per heavy atom. The molecule has 142 valence electrons. The van der Waals surface area contributed by atoms with Gasteiger partial charge in [0, 0.05) is 31.9 Å². The average Bonchev–Trinajstić information content (AvgIpc) is 2.69. The molecule has 27 heavy (non-hydrogen) atoms. The van der Waals surface area contributed by atoms with Crippen molar-refractivity contribution in [2.24, 2.45) is 11.1 Å². The number of benzene rings is 1. The first-order chi connectivity index (χ1) is 13.1. The van der Waals surface area contributed by atoms with Crippen LogP contribution >= 0.6 is 0 Å². The number of carbonyl (C=O) groups is 2. The Bertz CT molecular complexity index is 806. The number of nitrogens with two attached hydrogens (primary N) is 1. The third-order valence-corrected chi connectivity index (χ3v) is 5.45. The van der Waals surface area contributed by atoms with Crippen molar-refractivity contribution < 1.29 is 9.59 Å². The number of aromatic nitrogens is 1. The smallest absolute Gasteiger partial charge is 0.225 e. The van der Waals surface area contributed by atoms with Gasteiger partial charge in [-0.15, -0.1) is 0 Å². The van der Waals surface area contributed by atoms with Crippen LogP contribution < -0.4 is 5.73 Å². The molecular formula is C22H27N3O2. The van der Waals surface area contributed by atoms with Crippen LogP contribution in [-0.4, -0.2) is 34.8 Å². The molecule has 2 heterocycles. The van der Waals surface area contributed by atoms with Gasteiger partial charge in [0.1, 0.15) is 0 Å². The van der Waals surface area contributed by atoms with E-state index < -0.39 is 5.41 Å². The summed E-state index contributed by atoms with van der Waals surface area (Å²) in [5.41, 5.74) is 8.39. The molecule has 1 unspecified atom stereocenters. The van der Waals surface area contributed by atoms with Crippen molar-refractivity contribution in [3.63, 3.8) is 0 Å². The predicted octanol–water partition coefficient (Wildman–Crippen LogP) is 3.19. The molecule has 0 bridgehead atoms. The first-order valence-electron chi connectivity index (χ1n) is 9.62. The molecule has 0 saturated carbocycles. The Morgan fingerprint density at radius 1 is 1.19 bits per heavy atom. The summed E-state index contributed by atoms with van der Waals surface area (Å²) in [5.74, 6) is -0.203. The van der Waals surface area contributed by atoms with E-state index in [4.69, 9.17) is 5.73 Å². The van der Waals surface area contributed by atoms with Gasteiger partial charge in [-0.05, 0) is 54.5 Å². The third kappa shape index (κ3) is 4.18. The van der Waals surface area contributed by atoms with Gasteiger partial charge in [0.2, 0.25) is 11.8 Å². The van der Waals surface area contributed by atoms with Gasteiger partial charge in [0.15, 0.2) is 0 Å². The molecule has 1 aliphatic rings. The maximum atomic E-state index is 12.5. The van der Waals surface area contributed by atoms with Crippen LogP contribution in [0.15, 0.2) is 48.8 Å². The van der Waals surface area contributed by atoms with Gasteiger partial charge in [-0.2, -0.15) is 0 Å². The predicted molar refractivity (Wildman–Crippen MR) is 106 cm³/mol. The van der Waals surface area contributed by atoms with Gasteiger partial charge in [0.05, 0.1) is 5.41 Å². The van der Waals surface area contributed by atoms with Crippen molar-refractivity contribution in [3.05, 3.63) is 54.4 Å². The molecule has 3 rings (SSSR count). The minimum absolute atomic E-state index is 0.116. The normalized spacial score (nSPS) is 19.7. The van der Waals surface area contributed by atoms with E-state index in [0.29, 0.717) is 32.4 Å². The lowest BCUT2D eigenvalue weighted by Gasteiger charge is -2.41. The van der Waals surface area contributed by atoms with Gasteiger partial charge in [-0.1, -0.05) is 31.2 Å². The van der Waals surface area contributed by atoms with E-state index in [2.05, 4.69) is 11.1 Å². The highest BCUT2D eigenvalue weighted by molar-refractivity contribution is 5.84. The average molecular weight is 365 g/mol. The number of nitrogens with zero attached hydrogens (tertiary/aromatic N) is 2. The number of hydrogen-bond acceptors (Lipinski definition) is 3. The lowest BCUT2D eigenvalue weighted by Crippen LogP contribution is -2.53. The lowest BCUT2D eigenvalue weighted by molar-refractivity contribution is -0.140. The zero-order valence-corrected chi connectivity index (χ0v) is 15.9. The zero-order chi connectivity index (χ0) is 19.3. The number of primary amides is 1. The molecule has 0 radical (unpaired) electrons. The molecule has 1 aromatic heterocycles. The number of pyridine rings is 1. The van der Waals surface area contributed by atoms with Crippen LogP contribution in [0.3, 0.4) is 0 Å². The standard InChI is InChI=1S/C22H27N3O2/c1-2-6-20(26)25-14-5-11-22(16-25,21(23)27)15-18-7-3-4-8-19(18)17-9-12-24-13-10-17/h3-4,7-10,12-13H,2,5-6,11,14-16H2,1H3,(H2,23,27). The van der Waals surface area contributed by atoms with Gasteiger partial charge in [0.25, 0.3) is 0 Å². The van der Waals surface area contributed by atoms with Gasteiger partial charge < -0.3 is 10.6 Å². The minimum Gasteiger partial charge on any atom is -0.369 e. The number of piperidine rings is 1. The molecule has 1 saturated heterocycles. The van der Waals surface area contributed by atoms with Crippen LogP contribution in [0.4, 0.5) is 0 Å². The summed E-state index contributed by atoms with van der Waals surface area (Å²) in [6.07, 6.45) is 6.91. The first-order valence-corrected chi connectivity index (χ1v) is 9.62. The fourth-order valence-electron chi connectivity index (χ4n) is 4.00. The van der Waals surface area contributed by atoms with E-state index in [1.165, 1.54) is 0 Å². The molecule has 1 atom stereocenters. The molecule has 5 nitrogen and oxygen atoms in total. The zero-order valence-electron chi connectivity index (χ0n) is 15.9. The molecule has 1 aliphatic heterocycles.